The van der Waals surface area contributed by atoms with E-state index in [0.29, 0.717) is 44.2 Å². The van der Waals surface area contributed by atoms with Gasteiger partial charge in [0, 0.05) is 38.4 Å². The molecule has 1 fully saturated rings. The van der Waals surface area contributed by atoms with Gasteiger partial charge in [-0.3, -0.25) is 4.79 Å². The van der Waals surface area contributed by atoms with Gasteiger partial charge in [-0.15, -0.1) is 0 Å². The third-order valence-corrected chi connectivity index (χ3v) is 4.59. The second-order valence-electron chi connectivity index (χ2n) is 6.38. The summed E-state index contributed by atoms with van der Waals surface area (Å²) in [7, 11) is 1.41. The number of aromatic nitrogens is 1. The van der Waals surface area contributed by atoms with E-state index in [0.717, 1.165) is 18.3 Å². The number of hydrogen-bond donors (Lipinski definition) is 0. The summed E-state index contributed by atoms with van der Waals surface area (Å²) in [5.41, 5.74) is -0.847. The third-order valence-electron chi connectivity index (χ3n) is 4.59. The molecule has 1 aromatic heterocycles. The highest BCUT2D eigenvalue weighted by Crippen LogP contribution is 2.29. The van der Waals surface area contributed by atoms with Crippen molar-refractivity contribution < 1.29 is 27.1 Å². The molecule has 28 heavy (non-hydrogen) atoms. The number of ether oxygens (including phenoxy) is 1. The average molecular weight is 397 g/mol. The summed E-state index contributed by atoms with van der Waals surface area (Å²) in [6, 6.07) is 6.37. The predicted octanol–water partition coefficient (Wildman–Crippen LogP) is 3.60. The molecule has 2 heterocycles. The van der Waals surface area contributed by atoms with E-state index in [-0.39, 0.29) is 5.56 Å². The molecule has 9 heteroatoms. The minimum atomic E-state index is -4.43. The fourth-order valence-corrected chi connectivity index (χ4v) is 3.06. The first-order valence-electron chi connectivity index (χ1n) is 8.70. The number of amides is 1. The minimum Gasteiger partial charge on any atom is -0.497 e. The highest BCUT2D eigenvalue weighted by atomic mass is 19.4. The molecule has 1 amide bonds. The summed E-state index contributed by atoms with van der Waals surface area (Å²) >= 11 is 0. The molecule has 1 aliphatic rings. The number of halogens is 4. The Morgan fingerprint density at radius 1 is 1.11 bits per heavy atom. The fraction of sp³-hybridized carbons (Fsp3) is 0.368. The molecule has 1 aromatic carbocycles. The fourth-order valence-electron chi connectivity index (χ4n) is 3.06. The van der Waals surface area contributed by atoms with Crippen LogP contribution in [0.4, 0.5) is 23.4 Å². The number of benzene rings is 1. The molecule has 1 saturated heterocycles. The van der Waals surface area contributed by atoms with E-state index in [4.69, 9.17) is 4.74 Å². The molecule has 0 spiro atoms. The summed E-state index contributed by atoms with van der Waals surface area (Å²) in [6.07, 6.45) is -3.04. The Morgan fingerprint density at radius 2 is 1.89 bits per heavy atom. The van der Waals surface area contributed by atoms with E-state index in [2.05, 4.69) is 4.98 Å². The zero-order valence-corrected chi connectivity index (χ0v) is 15.2. The number of rotatable bonds is 3. The van der Waals surface area contributed by atoms with Gasteiger partial charge in [0.05, 0.1) is 18.2 Å². The van der Waals surface area contributed by atoms with Gasteiger partial charge in [0.2, 0.25) is 0 Å². The first-order valence-corrected chi connectivity index (χ1v) is 8.70. The van der Waals surface area contributed by atoms with Crippen molar-refractivity contribution in [2.24, 2.45) is 0 Å². The maximum absolute atomic E-state index is 14.2. The molecule has 0 radical (unpaired) electrons. The Labute approximate surface area is 159 Å². The molecule has 150 valence electrons. The zero-order chi connectivity index (χ0) is 20.3. The Balaban J connectivity index is 1.68. The Morgan fingerprint density at radius 3 is 2.50 bits per heavy atom. The lowest BCUT2D eigenvalue weighted by Crippen LogP contribution is -2.35. The second kappa shape index (κ2) is 8.04. The van der Waals surface area contributed by atoms with Crippen molar-refractivity contribution in [1.29, 1.82) is 0 Å². The zero-order valence-electron chi connectivity index (χ0n) is 15.2. The Kier molecular flexibility index (Phi) is 5.71. The monoisotopic (exact) mass is 397 g/mol. The first-order chi connectivity index (χ1) is 13.3. The van der Waals surface area contributed by atoms with Crippen LogP contribution in [0, 0.1) is 5.82 Å². The van der Waals surface area contributed by atoms with Crippen LogP contribution < -0.4 is 9.64 Å². The molecule has 0 saturated carbocycles. The lowest BCUT2D eigenvalue weighted by Gasteiger charge is -2.23. The number of carbonyl (C=O) groups excluding carboxylic acids is 1. The number of anilines is 1. The summed E-state index contributed by atoms with van der Waals surface area (Å²) in [4.78, 5) is 19.9. The summed E-state index contributed by atoms with van der Waals surface area (Å²) in [5.74, 6) is -0.348. The predicted molar refractivity (Wildman–Crippen MR) is 94.9 cm³/mol. The van der Waals surface area contributed by atoms with Crippen LogP contribution in [0.2, 0.25) is 0 Å². The summed E-state index contributed by atoms with van der Waals surface area (Å²) in [6.45, 7) is 1.66. The SMILES string of the molecule is COc1ccc(C(=O)N2CCCN(c3ccc(C(F)(F)F)cn3)CC2)c(F)c1. The lowest BCUT2D eigenvalue weighted by molar-refractivity contribution is -0.137. The highest BCUT2D eigenvalue weighted by Gasteiger charge is 2.31. The van der Waals surface area contributed by atoms with Crippen molar-refractivity contribution >= 4 is 11.7 Å². The number of methoxy groups -OCH3 is 1. The molecule has 0 unspecified atom stereocenters. The van der Waals surface area contributed by atoms with Gasteiger partial charge in [-0.25, -0.2) is 9.37 Å². The van der Waals surface area contributed by atoms with Crippen molar-refractivity contribution in [3.05, 3.63) is 53.5 Å². The average Bonchev–Trinajstić information content (AvgIpc) is 2.93. The standard InChI is InChI=1S/C19H19F4N3O2/c1-28-14-4-5-15(16(20)11-14)18(27)26-8-2-7-25(9-10-26)17-6-3-13(12-24-17)19(21,22)23/h3-6,11-12H,2,7-10H2,1H3. The molecule has 0 aliphatic carbocycles. The number of pyridine rings is 1. The second-order valence-corrected chi connectivity index (χ2v) is 6.38. The highest BCUT2D eigenvalue weighted by molar-refractivity contribution is 5.94. The number of carbonyl (C=O) groups is 1. The van der Waals surface area contributed by atoms with Crippen LogP contribution in [0.5, 0.6) is 5.75 Å². The maximum Gasteiger partial charge on any atom is 0.417 e. The van der Waals surface area contributed by atoms with Crippen molar-refractivity contribution in [2.75, 3.05) is 38.2 Å². The smallest absolute Gasteiger partial charge is 0.417 e. The summed E-state index contributed by atoms with van der Waals surface area (Å²) in [5, 5.41) is 0. The van der Waals surface area contributed by atoms with Crippen molar-refractivity contribution in [3.63, 3.8) is 0 Å². The number of hydrogen-bond acceptors (Lipinski definition) is 4. The van der Waals surface area contributed by atoms with Gasteiger partial charge in [0.1, 0.15) is 17.4 Å². The molecule has 0 atom stereocenters. The van der Waals surface area contributed by atoms with Crippen LogP contribution in [-0.2, 0) is 6.18 Å². The Hall–Kier alpha value is -2.84. The van der Waals surface area contributed by atoms with Crippen molar-refractivity contribution in [2.45, 2.75) is 12.6 Å². The molecular formula is C19H19F4N3O2. The van der Waals surface area contributed by atoms with Crippen molar-refractivity contribution in [3.8, 4) is 5.75 Å². The number of nitrogens with zero attached hydrogens (tertiary/aromatic N) is 3. The van der Waals surface area contributed by atoms with E-state index >= 15 is 0 Å². The van der Waals surface area contributed by atoms with Gasteiger partial charge >= 0.3 is 6.18 Å². The van der Waals surface area contributed by atoms with E-state index < -0.39 is 23.5 Å². The van der Waals surface area contributed by atoms with Gasteiger partial charge in [0.15, 0.2) is 0 Å². The maximum atomic E-state index is 14.2. The van der Waals surface area contributed by atoms with E-state index in [1.165, 1.54) is 30.2 Å². The molecule has 3 rings (SSSR count). The van der Waals surface area contributed by atoms with E-state index in [1.807, 2.05) is 4.90 Å². The molecule has 0 bridgehead atoms. The largest absolute Gasteiger partial charge is 0.497 e. The van der Waals surface area contributed by atoms with Crippen LogP contribution in [0.1, 0.15) is 22.3 Å². The molecule has 1 aliphatic heterocycles. The minimum absolute atomic E-state index is 0.0399. The number of alkyl halides is 3. The molecule has 5 nitrogen and oxygen atoms in total. The summed E-state index contributed by atoms with van der Waals surface area (Å²) < 4.78 is 57.1. The van der Waals surface area contributed by atoms with Crippen LogP contribution in [0.25, 0.3) is 0 Å². The van der Waals surface area contributed by atoms with Gasteiger partial charge < -0.3 is 14.5 Å². The van der Waals surface area contributed by atoms with Gasteiger partial charge in [0.25, 0.3) is 5.91 Å². The normalized spacial score (nSPS) is 15.3. The van der Waals surface area contributed by atoms with E-state index in [9.17, 15) is 22.4 Å². The third kappa shape index (κ3) is 4.35. The molecule has 0 N–H and O–H groups in total. The van der Waals surface area contributed by atoms with E-state index in [1.54, 1.807) is 0 Å². The molecule has 2 aromatic rings. The molecular weight excluding hydrogens is 378 g/mol. The van der Waals surface area contributed by atoms with Gasteiger partial charge in [-0.05, 0) is 30.7 Å². The van der Waals surface area contributed by atoms with Crippen LogP contribution >= 0.6 is 0 Å². The lowest BCUT2D eigenvalue weighted by atomic mass is 10.1. The van der Waals surface area contributed by atoms with Crippen LogP contribution in [0.3, 0.4) is 0 Å². The van der Waals surface area contributed by atoms with Crippen molar-refractivity contribution in [1.82, 2.24) is 9.88 Å². The van der Waals surface area contributed by atoms with Crippen LogP contribution in [0.15, 0.2) is 36.5 Å². The Bertz CT molecular complexity index is 840. The van der Waals surface area contributed by atoms with Gasteiger partial charge in [-0.2, -0.15) is 13.2 Å². The quantitative estimate of drug-likeness (QED) is 0.743. The van der Waals surface area contributed by atoms with Gasteiger partial charge in [-0.1, -0.05) is 0 Å². The topological polar surface area (TPSA) is 45.7 Å². The van der Waals surface area contributed by atoms with Crippen LogP contribution in [-0.4, -0.2) is 49.1 Å². The first kappa shape index (κ1) is 19.9.